The smallest absolute Gasteiger partial charge is 0.315 e. The van der Waals surface area contributed by atoms with Crippen molar-refractivity contribution in [3.63, 3.8) is 0 Å². The fourth-order valence-corrected chi connectivity index (χ4v) is 2.70. The highest BCUT2D eigenvalue weighted by molar-refractivity contribution is 5.97. The lowest BCUT2D eigenvalue weighted by atomic mass is 10.2. The van der Waals surface area contributed by atoms with Crippen LogP contribution in [0.3, 0.4) is 0 Å². The van der Waals surface area contributed by atoms with Gasteiger partial charge in [0.05, 0.1) is 20.3 Å². The number of ether oxygens (including phenoxy) is 2. The van der Waals surface area contributed by atoms with Gasteiger partial charge in [0.15, 0.2) is 11.5 Å². The Morgan fingerprint density at radius 2 is 1.85 bits per heavy atom. The van der Waals surface area contributed by atoms with Gasteiger partial charge in [-0.15, -0.1) is 0 Å². The maximum absolute atomic E-state index is 12.3. The molecule has 1 fully saturated rings. The Kier molecular flexibility index (Phi) is 6.65. The Morgan fingerprint density at radius 3 is 2.50 bits per heavy atom. The predicted molar refractivity (Wildman–Crippen MR) is 95.5 cm³/mol. The molecule has 1 heterocycles. The van der Waals surface area contributed by atoms with Crippen molar-refractivity contribution in [3.05, 3.63) is 18.2 Å². The molecule has 26 heavy (non-hydrogen) atoms. The Bertz CT molecular complexity index is 679. The van der Waals surface area contributed by atoms with E-state index in [2.05, 4.69) is 16.0 Å². The largest absolute Gasteiger partial charge is 0.493 e. The van der Waals surface area contributed by atoms with E-state index < -0.39 is 0 Å². The van der Waals surface area contributed by atoms with Gasteiger partial charge in [0.2, 0.25) is 11.8 Å². The van der Waals surface area contributed by atoms with Gasteiger partial charge < -0.3 is 30.3 Å². The van der Waals surface area contributed by atoms with E-state index in [4.69, 9.17) is 9.47 Å². The van der Waals surface area contributed by atoms with Crippen LogP contribution < -0.4 is 30.3 Å². The Morgan fingerprint density at radius 1 is 1.15 bits per heavy atom. The van der Waals surface area contributed by atoms with E-state index in [1.54, 1.807) is 30.2 Å². The standard InChI is InChI=1S/C17H24N4O5/c1-11(22)18-6-7-19-17(24)20-12-8-16(23)21(10-12)13-4-5-14(25-2)15(9-13)26-3/h4-5,9,12H,6-8,10H2,1-3H3,(H,18,22)(H2,19,20,24)/t12-/m1/s1. The Balaban J connectivity index is 1.90. The number of rotatable bonds is 7. The summed E-state index contributed by atoms with van der Waals surface area (Å²) < 4.78 is 10.5. The fraction of sp³-hybridized carbons (Fsp3) is 0.471. The summed E-state index contributed by atoms with van der Waals surface area (Å²) in [5.74, 6) is 0.876. The average molecular weight is 364 g/mol. The average Bonchev–Trinajstić information content (AvgIpc) is 2.98. The molecular weight excluding hydrogens is 340 g/mol. The third-order valence-electron chi connectivity index (χ3n) is 3.92. The van der Waals surface area contributed by atoms with E-state index >= 15 is 0 Å². The van der Waals surface area contributed by atoms with Crippen molar-refractivity contribution in [2.24, 2.45) is 0 Å². The van der Waals surface area contributed by atoms with E-state index in [0.717, 1.165) is 0 Å². The summed E-state index contributed by atoms with van der Waals surface area (Å²) in [5, 5.41) is 7.99. The lowest BCUT2D eigenvalue weighted by Crippen LogP contribution is -2.45. The van der Waals surface area contributed by atoms with Crippen LogP contribution in [0.5, 0.6) is 11.5 Å². The van der Waals surface area contributed by atoms with Crippen molar-refractivity contribution < 1.29 is 23.9 Å². The summed E-state index contributed by atoms with van der Waals surface area (Å²) in [6, 6.07) is 4.57. The molecule has 1 aliphatic heterocycles. The van der Waals surface area contributed by atoms with Crippen LogP contribution in [0.2, 0.25) is 0 Å². The van der Waals surface area contributed by atoms with Gasteiger partial charge in [0.1, 0.15) is 0 Å². The van der Waals surface area contributed by atoms with Crippen molar-refractivity contribution in [3.8, 4) is 11.5 Å². The minimum atomic E-state index is -0.373. The molecule has 9 nitrogen and oxygen atoms in total. The molecular formula is C17H24N4O5. The predicted octanol–water partition coefficient (Wildman–Crippen LogP) is 0.244. The molecule has 0 radical (unpaired) electrons. The van der Waals surface area contributed by atoms with Crippen LogP contribution in [0.15, 0.2) is 18.2 Å². The van der Waals surface area contributed by atoms with Crippen LogP contribution in [0.4, 0.5) is 10.5 Å². The van der Waals surface area contributed by atoms with Crippen molar-refractivity contribution in [2.75, 3.05) is 38.8 Å². The second-order valence-electron chi connectivity index (χ2n) is 5.83. The number of methoxy groups -OCH3 is 2. The van der Waals surface area contributed by atoms with Crippen molar-refractivity contribution in [1.82, 2.24) is 16.0 Å². The summed E-state index contributed by atoms with van der Waals surface area (Å²) in [6.07, 6.45) is 0.216. The molecule has 0 aliphatic carbocycles. The number of benzene rings is 1. The number of carbonyl (C=O) groups is 3. The van der Waals surface area contributed by atoms with E-state index in [1.165, 1.54) is 14.0 Å². The van der Waals surface area contributed by atoms with Crippen LogP contribution in [0.25, 0.3) is 0 Å². The van der Waals surface area contributed by atoms with E-state index in [-0.39, 0.29) is 30.3 Å². The molecule has 0 saturated carbocycles. The highest BCUT2D eigenvalue weighted by Crippen LogP contribution is 2.33. The van der Waals surface area contributed by atoms with Gasteiger partial charge >= 0.3 is 6.03 Å². The molecule has 1 aromatic carbocycles. The molecule has 142 valence electrons. The number of amides is 4. The first kappa shape index (κ1) is 19.4. The number of carbonyl (C=O) groups excluding carboxylic acids is 3. The second kappa shape index (κ2) is 8.93. The summed E-state index contributed by atoms with van der Waals surface area (Å²) in [6.45, 7) is 2.44. The summed E-state index contributed by atoms with van der Waals surface area (Å²) in [4.78, 5) is 36.5. The molecule has 9 heteroatoms. The molecule has 1 atom stereocenters. The van der Waals surface area contributed by atoms with Gasteiger partial charge in [-0.2, -0.15) is 0 Å². The first-order chi connectivity index (χ1) is 12.4. The maximum atomic E-state index is 12.3. The lowest BCUT2D eigenvalue weighted by molar-refractivity contribution is -0.119. The minimum Gasteiger partial charge on any atom is -0.493 e. The first-order valence-corrected chi connectivity index (χ1v) is 8.25. The zero-order valence-electron chi connectivity index (χ0n) is 15.1. The van der Waals surface area contributed by atoms with Crippen LogP contribution >= 0.6 is 0 Å². The Labute approximate surface area is 152 Å². The summed E-state index contributed by atoms with van der Waals surface area (Å²) in [7, 11) is 3.08. The molecule has 0 unspecified atom stereocenters. The molecule has 1 aliphatic rings. The highest BCUT2D eigenvalue weighted by atomic mass is 16.5. The molecule has 1 saturated heterocycles. The lowest BCUT2D eigenvalue weighted by Gasteiger charge is -2.19. The molecule has 2 rings (SSSR count). The van der Waals surface area contributed by atoms with Crippen LogP contribution in [-0.4, -0.2) is 57.7 Å². The van der Waals surface area contributed by atoms with Crippen LogP contribution in [-0.2, 0) is 9.59 Å². The van der Waals surface area contributed by atoms with Gasteiger partial charge in [-0.1, -0.05) is 0 Å². The summed E-state index contributed by atoms with van der Waals surface area (Å²) >= 11 is 0. The molecule has 0 bridgehead atoms. The Hall–Kier alpha value is -2.97. The van der Waals surface area contributed by atoms with Crippen LogP contribution in [0.1, 0.15) is 13.3 Å². The van der Waals surface area contributed by atoms with E-state index in [1.807, 2.05) is 0 Å². The number of urea groups is 1. The quantitative estimate of drug-likeness (QED) is 0.601. The van der Waals surface area contributed by atoms with Crippen molar-refractivity contribution >= 4 is 23.5 Å². The second-order valence-corrected chi connectivity index (χ2v) is 5.83. The SMILES string of the molecule is COc1ccc(N2C[C@H](NC(=O)NCCNC(C)=O)CC2=O)cc1OC. The zero-order chi connectivity index (χ0) is 19.1. The number of anilines is 1. The van der Waals surface area contributed by atoms with Gasteiger partial charge in [-0.25, -0.2) is 4.79 Å². The van der Waals surface area contributed by atoms with Crippen molar-refractivity contribution in [1.29, 1.82) is 0 Å². The van der Waals surface area contributed by atoms with E-state index in [9.17, 15) is 14.4 Å². The van der Waals surface area contributed by atoms with Crippen LogP contribution in [0, 0.1) is 0 Å². The zero-order valence-corrected chi connectivity index (χ0v) is 15.1. The number of hydrogen-bond acceptors (Lipinski definition) is 5. The first-order valence-electron chi connectivity index (χ1n) is 8.25. The normalized spacial score (nSPS) is 16.2. The molecule has 1 aromatic rings. The monoisotopic (exact) mass is 364 g/mol. The highest BCUT2D eigenvalue weighted by Gasteiger charge is 2.32. The van der Waals surface area contributed by atoms with Gasteiger partial charge in [-0.3, -0.25) is 9.59 Å². The summed E-state index contributed by atoms with van der Waals surface area (Å²) in [5.41, 5.74) is 0.683. The number of hydrogen-bond donors (Lipinski definition) is 3. The maximum Gasteiger partial charge on any atom is 0.315 e. The number of nitrogens with zero attached hydrogens (tertiary/aromatic N) is 1. The molecule has 4 amide bonds. The molecule has 0 spiro atoms. The van der Waals surface area contributed by atoms with Gasteiger partial charge in [-0.05, 0) is 12.1 Å². The minimum absolute atomic E-state index is 0.0826. The third kappa shape index (κ3) is 5.01. The molecule has 0 aromatic heterocycles. The third-order valence-corrected chi connectivity index (χ3v) is 3.92. The van der Waals surface area contributed by atoms with Gasteiger partial charge in [0, 0.05) is 44.7 Å². The van der Waals surface area contributed by atoms with Crippen molar-refractivity contribution in [2.45, 2.75) is 19.4 Å². The van der Waals surface area contributed by atoms with Gasteiger partial charge in [0.25, 0.3) is 0 Å². The fourth-order valence-electron chi connectivity index (χ4n) is 2.70. The molecule has 3 N–H and O–H groups in total. The number of nitrogens with one attached hydrogen (secondary N) is 3. The topological polar surface area (TPSA) is 109 Å². The van der Waals surface area contributed by atoms with E-state index in [0.29, 0.717) is 36.8 Å².